The lowest BCUT2D eigenvalue weighted by Gasteiger charge is -2.20. The van der Waals surface area contributed by atoms with E-state index in [2.05, 4.69) is 13.8 Å². The van der Waals surface area contributed by atoms with Crippen LogP contribution in [-0.4, -0.2) is 66.3 Å². The molecule has 0 rings (SSSR count). The van der Waals surface area contributed by atoms with E-state index in [1.165, 1.54) is 116 Å². The van der Waals surface area contributed by atoms with Crippen molar-refractivity contribution in [3.8, 4) is 0 Å². The number of phosphoric ester groups is 1. The second-order valence-corrected chi connectivity index (χ2v) is 13.7. The average molecular weight is 653 g/mol. The second kappa shape index (κ2) is 32.4. The van der Waals surface area contributed by atoms with E-state index in [1.807, 2.05) is 0 Å². The fourth-order valence-corrected chi connectivity index (χ4v) is 5.79. The highest BCUT2D eigenvalue weighted by atomic mass is 31.2. The van der Waals surface area contributed by atoms with Crippen molar-refractivity contribution in [2.24, 2.45) is 0 Å². The highest BCUT2D eigenvalue weighted by Crippen LogP contribution is 2.43. The molecule has 44 heavy (non-hydrogen) atoms. The Bertz CT molecular complexity index is 665. The summed E-state index contributed by atoms with van der Waals surface area (Å²) < 4.78 is 33.1. The van der Waals surface area contributed by atoms with Crippen LogP contribution in [0.1, 0.15) is 168 Å². The number of hydrogen-bond donors (Lipinski definition) is 3. The highest BCUT2D eigenvalue weighted by molar-refractivity contribution is 7.47. The molecule has 0 aromatic rings. The molecular weight excluding hydrogens is 583 g/mol. The Labute approximate surface area is 269 Å². The summed E-state index contributed by atoms with van der Waals surface area (Å²) in [5.74, 6) is -0.381. The molecule has 3 unspecified atom stereocenters. The van der Waals surface area contributed by atoms with Gasteiger partial charge in [-0.3, -0.25) is 13.8 Å². The van der Waals surface area contributed by atoms with Gasteiger partial charge in [-0.2, -0.15) is 0 Å². The molecule has 0 fully saturated rings. The maximum absolute atomic E-state index is 12.5. The van der Waals surface area contributed by atoms with Gasteiger partial charge in [0.1, 0.15) is 12.2 Å². The van der Waals surface area contributed by atoms with Crippen molar-refractivity contribution < 1.29 is 43.0 Å². The normalized spacial score (nSPS) is 14.4. The Morgan fingerprint density at radius 1 is 0.614 bits per heavy atom. The van der Waals surface area contributed by atoms with Crippen LogP contribution in [0.5, 0.6) is 0 Å². The summed E-state index contributed by atoms with van der Waals surface area (Å²) in [5, 5.41) is 18.2. The van der Waals surface area contributed by atoms with Crippen LogP contribution in [0.15, 0.2) is 0 Å². The van der Waals surface area contributed by atoms with Gasteiger partial charge in [0.25, 0.3) is 0 Å². The first-order chi connectivity index (χ1) is 21.3. The van der Waals surface area contributed by atoms with E-state index in [4.69, 9.17) is 23.6 Å². The molecule has 0 aliphatic carbocycles. The molecule has 0 spiro atoms. The Morgan fingerprint density at radius 3 is 1.48 bits per heavy atom. The van der Waals surface area contributed by atoms with Gasteiger partial charge < -0.3 is 24.6 Å². The van der Waals surface area contributed by atoms with E-state index in [-0.39, 0.29) is 25.6 Å². The van der Waals surface area contributed by atoms with Crippen molar-refractivity contribution in [1.82, 2.24) is 0 Å². The van der Waals surface area contributed by atoms with Gasteiger partial charge in [-0.1, -0.05) is 149 Å². The Morgan fingerprint density at radius 2 is 1.02 bits per heavy atom. The first-order valence-corrected chi connectivity index (χ1v) is 19.5. The van der Waals surface area contributed by atoms with E-state index in [0.29, 0.717) is 6.61 Å². The molecule has 0 aromatic carbocycles. The molecule has 264 valence electrons. The molecule has 0 aliphatic heterocycles. The number of carbonyl (C=O) groups is 1. The first kappa shape index (κ1) is 43.5. The third kappa shape index (κ3) is 31.4. The predicted molar refractivity (Wildman–Crippen MR) is 178 cm³/mol. The second-order valence-electron chi connectivity index (χ2n) is 12.3. The maximum atomic E-state index is 12.5. The largest absolute Gasteiger partial charge is 0.472 e. The number of ether oxygens (including phenoxy) is 2. The molecule has 0 aliphatic rings. The van der Waals surface area contributed by atoms with E-state index in [9.17, 15) is 19.4 Å². The molecule has 0 saturated carbocycles. The van der Waals surface area contributed by atoms with E-state index in [0.717, 1.165) is 32.1 Å². The van der Waals surface area contributed by atoms with Crippen molar-refractivity contribution >= 4 is 13.8 Å². The van der Waals surface area contributed by atoms with Crippen LogP contribution in [0.2, 0.25) is 0 Å². The summed E-state index contributed by atoms with van der Waals surface area (Å²) in [5.41, 5.74) is 0. The van der Waals surface area contributed by atoms with Crippen molar-refractivity contribution in [2.75, 3.05) is 33.0 Å². The van der Waals surface area contributed by atoms with Crippen LogP contribution in [0.3, 0.4) is 0 Å². The maximum Gasteiger partial charge on any atom is 0.472 e. The Hall–Kier alpha value is -0.540. The summed E-state index contributed by atoms with van der Waals surface area (Å²) in [6, 6.07) is 0. The topological polar surface area (TPSA) is 132 Å². The number of hydrogen-bond acceptors (Lipinski definition) is 8. The number of aliphatic hydroxyl groups is 2. The molecule has 0 aromatic heterocycles. The number of phosphoric acid groups is 1. The molecule has 0 amide bonds. The van der Waals surface area contributed by atoms with Gasteiger partial charge in [0, 0.05) is 13.0 Å². The SMILES string of the molecule is CCCCCCCCCCCCCCCC(=O)OC(COCCCCCCCCCCCC)COP(=O)(O)OCC(O)CO. The number of carbonyl (C=O) groups excluding carboxylic acids is 1. The van der Waals surface area contributed by atoms with E-state index in [1.54, 1.807) is 0 Å². The molecule has 9 nitrogen and oxygen atoms in total. The van der Waals surface area contributed by atoms with Crippen LogP contribution >= 0.6 is 7.82 Å². The minimum atomic E-state index is -4.50. The lowest BCUT2D eigenvalue weighted by Crippen LogP contribution is -2.29. The third-order valence-corrected chi connectivity index (χ3v) is 8.74. The minimum Gasteiger partial charge on any atom is -0.457 e. The lowest BCUT2D eigenvalue weighted by atomic mass is 10.0. The summed E-state index contributed by atoms with van der Waals surface area (Å²) in [6.45, 7) is 3.52. The zero-order valence-corrected chi connectivity index (χ0v) is 29.3. The third-order valence-electron chi connectivity index (χ3n) is 7.79. The van der Waals surface area contributed by atoms with E-state index >= 15 is 0 Å². The predicted octanol–water partition coefficient (Wildman–Crippen LogP) is 8.80. The van der Waals surface area contributed by atoms with Crippen LogP contribution in [0.25, 0.3) is 0 Å². The Kier molecular flexibility index (Phi) is 32.0. The lowest BCUT2D eigenvalue weighted by molar-refractivity contribution is -0.154. The monoisotopic (exact) mass is 652 g/mol. The zero-order valence-electron chi connectivity index (χ0n) is 28.4. The number of unbranched alkanes of at least 4 members (excludes halogenated alkanes) is 21. The minimum absolute atomic E-state index is 0.0566. The summed E-state index contributed by atoms with van der Waals surface area (Å²) in [7, 11) is -4.50. The van der Waals surface area contributed by atoms with Gasteiger partial charge in [-0.05, 0) is 12.8 Å². The van der Waals surface area contributed by atoms with E-state index < -0.39 is 33.2 Å². The van der Waals surface area contributed by atoms with Crippen LogP contribution in [0.4, 0.5) is 0 Å². The van der Waals surface area contributed by atoms with Gasteiger partial charge in [0.2, 0.25) is 0 Å². The molecule has 3 N–H and O–H groups in total. The highest BCUT2D eigenvalue weighted by Gasteiger charge is 2.26. The van der Waals surface area contributed by atoms with Gasteiger partial charge in [0.05, 0.1) is 26.4 Å². The molecule has 0 radical (unpaired) electrons. The van der Waals surface area contributed by atoms with Gasteiger partial charge in [-0.15, -0.1) is 0 Å². The fourth-order valence-electron chi connectivity index (χ4n) is 5.00. The van der Waals surface area contributed by atoms with Crippen LogP contribution in [-0.2, 0) is 27.9 Å². The van der Waals surface area contributed by atoms with Gasteiger partial charge in [-0.25, -0.2) is 4.57 Å². The van der Waals surface area contributed by atoms with Crippen LogP contribution in [0, 0.1) is 0 Å². The Balaban J connectivity index is 4.23. The quantitative estimate of drug-likeness (QED) is 0.0349. The molecule has 10 heteroatoms. The number of aliphatic hydroxyl groups excluding tert-OH is 2. The molecule has 3 atom stereocenters. The summed E-state index contributed by atoms with van der Waals surface area (Å²) >= 11 is 0. The van der Waals surface area contributed by atoms with Crippen LogP contribution < -0.4 is 0 Å². The van der Waals surface area contributed by atoms with Crippen molar-refractivity contribution in [1.29, 1.82) is 0 Å². The van der Waals surface area contributed by atoms with Crippen molar-refractivity contribution in [2.45, 2.75) is 180 Å². The van der Waals surface area contributed by atoms with Crippen molar-refractivity contribution in [3.05, 3.63) is 0 Å². The number of rotatable bonds is 35. The first-order valence-electron chi connectivity index (χ1n) is 18.0. The zero-order chi connectivity index (χ0) is 32.6. The molecule has 0 heterocycles. The summed E-state index contributed by atoms with van der Waals surface area (Å²) in [4.78, 5) is 22.4. The number of esters is 1. The molecular formula is C34H69O9P. The average Bonchev–Trinajstić information content (AvgIpc) is 3.01. The van der Waals surface area contributed by atoms with Gasteiger partial charge in [0.15, 0.2) is 0 Å². The standard InChI is InChI=1S/C34H69O9P/c1-3-5-7-9-11-13-15-16-17-18-20-22-24-26-34(37)43-33(31-42-44(38,39)41-29-32(36)28-35)30-40-27-25-23-21-19-14-12-10-8-6-4-2/h32-33,35-36H,3-31H2,1-2H3,(H,38,39). The summed E-state index contributed by atoms with van der Waals surface area (Å²) in [6.07, 6.45) is 26.3. The fraction of sp³-hybridized carbons (Fsp3) is 0.971. The molecule has 0 saturated heterocycles. The van der Waals surface area contributed by atoms with Crippen molar-refractivity contribution in [3.63, 3.8) is 0 Å². The van der Waals surface area contributed by atoms with Gasteiger partial charge >= 0.3 is 13.8 Å². The molecule has 0 bridgehead atoms. The smallest absolute Gasteiger partial charge is 0.457 e.